The number of hydrogen-bond donors (Lipinski definition) is 1. The van der Waals surface area contributed by atoms with Gasteiger partial charge >= 0.3 is 0 Å². The van der Waals surface area contributed by atoms with E-state index in [2.05, 4.69) is 17.6 Å². The Labute approximate surface area is 111 Å². The second-order valence-electron chi connectivity index (χ2n) is 4.30. The molecule has 1 nitrogen and oxygen atoms in total. The summed E-state index contributed by atoms with van der Waals surface area (Å²) in [6, 6.07) is 4.81. The number of thioether (sulfide) groups is 1. The van der Waals surface area contributed by atoms with Crippen LogP contribution in [-0.4, -0.2) is 17.5 Å². The van der Waals surface area contributed by atoms with Crippen LogP contribution in [0.4, 0.5) is 0 Å². The van der Waals surface area contributed by atoms with Gasteiger partial charge in [0, 0.05) is 22.7 Å². The summed E-state index contributed by atoms with van der Waals surface area (Å²) in [6.07, 6.45) is 7.61. The van der Waals surface area contributed by atoms with Crippen molar-refractivity contribution in [2.24, 2.45) is 0 Å². The average Bonchev–Trinajstić information content (AvgIpc) is 2.73. The summed E-state index contributed by atoms with van der Waals surface area (Å²) in [7, 11) is 0. The molecule has 1 saturated carbocycles. The van der Waals surface area contributed by atoms with Crippen LogP contribution in [0.3, 0.4) is 0 Å². The van der Waals surface area contributed by atoms with Gasteiger partial charge in [0.2, 0.25) is 0 Å². The molecule has 4 heteroatoms. The van der Waals surface area contributed by atoms with Gasteiger partial charge in [0.05, 0.1) is 4.34 Å². The van der Waals surface area contributed by atoms with Crippen molar-refractivity contribution in [2.75, 3.05) is 6.26 Å². The molecule has 16 heavy (non-hydrogen) atoms. The molecule has 0 atom stereocenters. The highest BCUT2D eigenvalue weighted by atomic mass is 35.5. The molecule has 0 spiro atoms. The van der Waals surface area contributed by atoms with Gasteiger partial charge in [-0.3, -0.25) is 0 Å². The summed E-state index contributed by atoms with van der Waals surface area (Å²) in [5.41, 5.74) is 0. The van der Waals surface area contributed by atoms with Crippen molar-refractivity contribution in [3.8, 4) is 0 Å². The highest BCUT2D eigenvalue weighted by Gasteiger charge is 2.19. The van der Waals surface area contributed by atoms with Crippen LogP contribution in [0.2, 0.25) is 4.34 Å². The normalized spacial score (nSPS) is 25.9. The fraction of sp³-hybridized carbons (Fsp3) is 0.667. The first-order valence-electron chi connectivity index (χ1n) is 5.78. The maximum Gasteiger partial charge on any atom is 0.0931 e. The second kappa shape index (κ2) is 6.29. The van der Waals surface area contributed by atoms with Crippen molar-refractivity contribution in [1.82, 2.24) is 5.32 Å². The molecule has 1 aliphatic rings. The van der Waals surface area contributed by atoms with E-state index in [9.17, 15) is 0 Å². The highest BCUT2D eigenvalue weighted by molar-refractivity contribution is 7.99. The molecule has 1 fully saturated rings. The van der Waals surface area contributed by atoms with E-state index in [1.54, 1.807) is 11.3 Å². The second-order valence-corrected chi connectivity index (χ2v) is 7.23. The third-order valence-electron chi connectivity index (χ3n) is 3.20. The third kappa shape index (κ3) is 3.66. The maximum absolute atomic E-state index is 5.91. The van der Waals surface area contributed by atoms with Crippen molar-refractivity contribution in [3.05, 3.63) is 21.3 Å². The molecule has 1 aromatic rings. The number of thiophene rings is 1. The first kappa shape index (κ1) is 12.7. The Morgan fingerprint density at radius 3 is 2.69 bits per heavy atom. The molecule has 1 N–H and O–H groups in total. The zero-order chi connectivity index (χ0) is 11.4. The summed E-state index contributed by atoms with van der Waals surface area (Å²) in [6.45, 7) is 0.978. The molecule has 0 unspecified atom stereocenters. The molecular weight excluding hydrogens is 258 g/mol. The first-order valence-corrected chi connectivity index (χ1v) is 8.26. The topological polar surface area (TPSA) is 12.0 Å². The highest BCUT2D eigenvalue weighted by Crippen LogP contribution is 2.27. The van der Waals surface area contributed by atoms with Crippen molar-refractivity contribution < 1.29 is 0 Å². The number of rotatable bonds is 4. The van der Waals surface area contributed by atoms with Crippen LogP contribution in [0.25, 0.3) is 0 Å². The first-order chi connectivity index (χ1) is 7.78. The van der Waals surface area contributed by atoms with Gasteiger partial charge in [-0.1, -0.05) is 11.6 Å². The zero-order valence-corrected chi connectivity index (χ0v) is 11.9. The van der Waals surface area contributed by atoms with Gasteiger partial charge in [0.25, 0.3) is 0 Å². The van der Waals surface area contributed by atoms with Crippen molar-refractivity contribution >= 4 is 34.7 Å². The Kier molecular flexibility index (Phi) is 5.01. The minimum atomic E-state index is 0.712. The zero-order valence-electron chi connectivity index (χ0n) is 9.54. The molecule has 90 valence electrons. The Morgan fingerprint density at radius 2 is 2.12 bits per heavy atom. The van der Waals surface area contributed by atoms with Crippen molar-refractivity contribution in [1.29, 1.82) is 0 Å². The molecular formula is C12H18ClNS2. The fourth-order valence-corrected chi connectivity index (χ4v) is 3.98. The summed E-state index contributed by atoms with van der Waals surface area (Å²) in [5.74, 6) is 0. The van der Waals surface area contributed by atoms with E-state index in [1.165, 1.54) is 30.6 Å². The Bertz CT molecular complexity index is 319. The van der Waals surface area contributed by atoms with Crippen LogP contribution in [0.15, 0.2) is 12.1 Å². The quantitative estimate of drug-likeness (QED) is 0.885. The molecule has 1 heterocycles. The molecule has 0 aromatic carbocycles. The van der Waals surface area contributed by atoms with Crippen molar-refractivity contribution in [3.63, 3.8) is 0 Å². The molecule has 2 rings (SSSR count). The number of hydrogen-bond acceptors (Lipinski definition) is 3. The van der Waals surface area contributed by atoms with E-state index in [0.717, 1.165) is 16.1 Å². The predicted molar refractivity (Wildman–Crippen MR) is 75.7 cm³/mol. The largest absolute Gasteiger partial charge is 0.309 e. The lowest BCUT2D eigenvalue weighted by molar-refractivity contribution is 0.380. The van der Waals surface area contributed by atoms with Crippen LogP contribution in [-0.2, 0) is 6.54 Å². The monoisotopic (exact) mass is 275 g/mol. The van der Waals surface area contributed by atoms with Crippen molar-refractivity contribution in [2.45, 2.75) is 43.5 Å². The standard InChI is InChI=1S/C12H18ClNS2/c1-15-10-4-2-9(3-5-10)14-8-11-6-7-12(13)16-11/h6-7,9-10,14H,2-5,8H2,1H3. The van der Waals surface area contributed by atoms with E-state index in [-0.39, 0.29) is 0 Å². The van der Waals surface area contributed by atoms with Gasteiger partial charge in [-0.05, 0) is 44.1 Å². The van der Waals surface area contributed by atoms with Gasteiger partial charge in [-0.2, -0.15) is 11.8 Å². The number of halogens is 1. The Morgan fingerprint density at radius 1 is 1.38 bits per heavy atom. The van der Waals surface area contributed by atoms with Gasteiger partial charge in [0.1, 0.15) is 0 Å². The van der Waals surface area contributed by atoms with E-state index in [4.69, 9.17) is 11.6 Å². The van der Waals surface area contributed by atoms with E-state index >= 15 is 0 Å². The van der Waals surface area contributed by atoms with Gasteiger partial charge in [0.15, 0.2) is 0 Å². The molecule has 0 saturated heterocycles. The lowest BCUT2D eigenvalue weighted by Crippen LogP contribution is -2.33. The van der Waals surface area contributed by atoms with E-state index in [1.807, 2.05) is 17.8 Å². The number of nitrogens with one attached hydrogen (secondary N) is 1. The lowest BCUT2D eigenvalue weighted by atomic mass is 9.95. The Balaban J connectivity index is 1.71. The van der Waals surface area contributed by atoms with Crippen LogP contribution in [0.5, 0.6) is 0 Å². The SMILES string of the molecule is CSC1CCC(NCc2ccc(Cl)s2)CC1. The molecule has 1 aliphatic carbocycles. The average molecular weight is 276 g/mol. The van der Waals surface area contributed by atoms with Crippen LogP contribution in [0.1, 0.15) is 30.6 Å². The van der Waals surface area contributed by atoms with Crippen LogP contribution < -0.4 is 5.32 Å². The minimum Gasteiger partial charge on any atom is -0.309 e. The molecule has 0 aliphatic heterocycles. The molecule has 0 radical (unpaired) electrons. The predicted octanol–water partition coefficient (Wildman–Crippen LogP) is 4.17. The van der Waals surface area contributed by atoms with Gasteiger partial charge in [-0.25, -0.2) is 0 Å². The lowest BCUT2D eigenvalue weighted by Gasteiger charge is -2.28. The molecule has 0 amide bonds. The summed E-state index contributed by atoms with van der Waals surface area (Å²) in [5, 5.41) is 4.54. The smallest absolute Gasteiger partial charge is 0.0931 e. The summed E-state index contributed by atoms with van der Waals surface area (Å²) in [4.78, 5) is 1.34. The van der Waals surface area contributed by atoms with Crippen LogP contribution in [0, 0.1) is 0 Å². The third-order valence-corrected chi connectivity index (χ3v) is 5.57. The van der Waals surface area contributed by atoms with Gasteiger partial charge < -0.3 is 5.32 Å². The minimum absolute atomic E-state index is 0.712. The Hall–Kier alpha value is 0.300. The summed E-state index contributed by atoms with van der Waals surface area (Å²) < 4.78 is 0.892. The van der Waals surface area contributed by atoms with Crippen LogP contribution >= 0.6 is 34.7 Å². The maximum atomic E-state index is 5.91. The fourth-order valence-electron chi connectivity index (χ4n) is 2.19. The van der Waals surface area contributed by atoms with E-state index < -0.39 is 0 Å². The molecule has 0 bridgehead atoms. The molecule has 1 aromatic heterocycles. The van der Waals surface area contributed by atoms with Gasteiger partial charge in [-0.15, -0.1) is 11.3 Å². The summed E-state index contributed by atoms with van der Waals surface area (Å²) >= 11 is 9.61. The van der Waals surface area contributed by atoms with E-state index in [0.29, 0.717) is 6.04 Å².